The van der Waals surface area contributed by atoms with E-state index in [9.17, 15) is 8.42 Å². The van der Waals surface area contributed by atoms with Crippen molar-refractivity contribution in [2.24, 2.45) is 5.73 Å². The standard InChI is InChI=1S/C14H17NO2S/c1-2-18(16,17)10-14(15)13-9-5-7-11-6-3-4-8-12(11)13/h3-9,14H,2,10,15H2,1H3. The quantitative estimate of drug-likeness (QED) is 0.920. The Bertz CT molecular complexity index is 644. The van der Waals surface area contributed by atoms with Crippen LogP contribution in [-0.2, 0) is 9.84 Å². The Morgan fingerprint density at radius 1 is 1.11 bits per heavy atom. The van der Waals surface area contributed by atoms with Gasteiger partial charge in [-0.2, -0.15) is 0 Å². The van der Waals surface area contributed by atoms with Crippen LogP contribution < -0.4 is 5.73 Å². The topological polar surface area (TPSA) is 60.2 Å². The molecule has 18 heavy (non-hydrogen) atoms. The molecule has 0 saturated heterocycles. The molecule has 0 aliphatic carbocycles. The molecule has 0 aliphatic heterocycles. The normalized spacial score (nSPS) is 13.7. The summed E-state index contributed by atoms with van der Waals surface area (Å²) in [5, 5.41) is 2.11. The van der Waals surface area contributed by atoms with Crippen LogP contribution in [0.5, 0.6) is 0 Å². The highest BCUT2D eigenvalue weighted by molar-refractivity contribution is 7.91. The van der Waals surface area contributed by atoms with Crippen LogP contribution in [0.15, 0.2) is 42.5 Å². The first kappa shape index (κ1) is 13.1. The number of sulfone groups is 1. The Labute approximate surface area is 108 Å². The molecule has 1 unspecified atom stereocenters. The molecule has 0 heterocycles. The van der Waals surface area contributed by atoms with Gasteiger partial charge in [0.15, 0.2) is 9.84 Å². The summed E-state index contributed by atoms with van der Waals surface area (Å²) < 4.78 is 23.3. The first-order chi connectivity index (χ1) is 8.53. The van der Waals surface area contributed by atoms with Crippen molar-refractivity contribution >= 4 is 20.6 Å². The minimum Gasteiger partial charge on any atom is -0.323 e. The molecule has 0 bridgehead atoms. The summed E-state index contributed by atoms with van der Waals surface area (Å²) in [7, 11) is -3.06. The fraction of sp³-hybridized carbons (Fsp3) is 0.286. The van der Waals surface area contributed by atoms with Crippen molar-refractivity contribution in [3.63, 3.8) is 0 Å². The summed E-state index contributed by atoms with van der Waals surface area (Å²) in [6.45, 7) is 1.64. The molecule has 0 aromatic heterocycles. The van der Waals surface area contributed by atoms with E-state index in [1.165, 1.54) is 0 Å². The second-order valence-corrected chi connectivity index (χ2v) is 6.77. The molecule has 2 rings (SSSR count). The fourth-order valence-electron chi connectivity index (χ4n) is 2.06. The van der Waals surface area contributed by atoms with E-state index in [0.717, 1.165) is 16.3 Å². The Morgan fingerprint density at radius 3 is 2.50 bits per heavy atom. The van der Waals surface area contributed by atoms with E-state index in [4.69, 9.17) is 5.73 Å². The van der Waals surface area contributed by atoms with Crippen LogP contribution in [0.3, 0.4) is 0 Å². The summed E-state index contributed by atoms with van der Waals surface area (Å²) in [4.78, 5) is 0. The van der Waals surface area contributed by atoms with Crippen LogP contribution in [0, 0.1) is 0 Å². The third kappa shape index (κ3) is 2.71. The van der Waals surface area contributed by atoms with Gasteiger partial charge in [-0.1, -0.05) is 49.4 Å². The highest BCUT2D eigenvalue weighted by atomic mass is 32.2. The van der Waals surface area contributed by atoms with E-state index in [1.54, 1.807) is 6.92 Å². The molecule has 2 N–H and O–H groups in total. The number of benzene rings is 2. The van der Waals surface area contributed by atoms with Crippen molar-refractivity contribution in [2.45, 2.75) is 13.0 Å². The third-order valence-electron chi connectivity index (χ3n) is 3.10. The first-order valence-electron chi connectivity index (χ1n) is 5.97. The minimum absolute atomic E-state index is 0.00247. The van der Waals surface area contributed by atoms with Gasteiger partial charge in [0.2, 0.25) is 0 Å². The summed E-state index contributed by atoms with van der Waals surface area (Å²) in [5.41, 5.74) is 6.94. The molecule has 2 aromatic carbocycles. The molecular formula is C14H17NO2S. The zero-order valence-corrected chi connectivity index (χ0v) is 11.2. The first-order valence-corrected chi connectivity index (χ1v) is 7.79. The summed E-state index contributed by atoms with van der Waals surface area (Å²) in [5.74, 6) is 0.128. The molecule has 0 aliphatic rings. The van der Waals surface area contributed by atoms with Crippen LogP contribution in [0.4, 0.5) is 0 Å². The van der Waals surface area contributed by atoms with E-state index in [0.29, 0.717) is 0 Å². The summed E-state index contributed by atoms with van der Waals surface area (Å²) in [6, 6.07) is 13.2. The van der Waals surface area contributed by atoms with Gasteiger partial charge in [0, 0.05) is 11.8 Å². The fourth-order valence-corrected chi connectivity index (χ4v) is 3.02. The molecule has 96 valence electrons. The zero-order valence-electron chi connectivity index (χ0n) is 10.3. The number of hydrogen-bond donors (Lipinski definition) is 1. The molecule has 0 fully saturated rings. The average Bonchev–Trinajstić information content (AvgIpc) is 2.37. The van der Waals surface area contributed by atoms with Gasteiger partial charge < -0.3 is 5.73 Å². The maximum Gasteiger partial charge on any atom is 0.151 e. The van der Waals surface area contributed by atoms with Crippen LogP contribution in [0.2, 0.25) is 0 Å². The lowest BCUT2D eigenvalue weighted by Crippen LogP contribution is -2.23. The number of fused-ring (bicyclic) bond motifs is 1. The van der Waals surface area contributed by atoms with Gasteiger partial charge >= 0.3 is 0 Å². The van der Waals surface area contributed by atoms with Crippen molar-refractivity contribution < 1.29 is 8.42 Å². The van der Waals surface area contributed by atoms with Gasteiger partial charge in [0.1, 0.15) is 0 Å². The van der Waals surface area contributed by atoms with Crippen LogP contribution in [0.25, 0.3) is 10.8 Å². The summed E-state index contributed by atoms with van der Waals surface area (Å²) >= 11 is 0. The Morgan fingerprint density at radius 2 is 1.78 bits per heavy atom. The van der Waals surface area contributed by atoms with Gasteiger partial charge in [0.05, 0.1) is 5.75 Å². The highest BCUT2D eigenvalue weighted by Crippen LogP contribution is 2.23. The number of hydrogen-bond acceptors (Lipinski definition) is 3. The van der Waals surface area contributed by atoms with Gasteiger partial charge in [-0.05, 0) is 16.3 Å². The molecule has 0 spiro atoms. The van der Waals surface area contributed by atoms with Crippen molar-refractivity contribution in [3.8, 4) is 0 Å². The minimum atomic E-state index is -3.06. The number of nitrogens with two attached hydrogens (primary N) is 1. The van der Waals surface area contributed by atoms with E-state index in [2.05, 4.69) is 0 Å². The molecule has 1 atom stereocenters. The van der Waals surface area contributed by atoms with Crippen LogP contribution in [-0.4, -0.2) is 19.9 Å². The van der Waals surface area contributed by atoms with E-state index < -0.39 is 15.9 Å². The summed E-state index contributed by atoms with van der Waals surface area (Å²) in [6.07, 6.45) is 0. The molecule has 0 saturated carbocycles. The predicted molar refractivity (Wildman–Crippen MR) is 75.2 cm³/mol. The second-order valence-electron chi connectivity index (χ2n) is 4.37. The third-order valence-corrected chi connectivity index (χ3v) is 4.84. The van der Waals surface area contributed by atoms with Crippen LogP contribution >= 0.6 is 0 Å². The van der Waals surface area contributed by atoms with Crippen molar-refractivity contribution in [1.82, 2.24) is 0 Å². The van der Waals surface area contributed by atoms with Crippen molar-refractivity contribution in [1.29, 1.82) is 0 Å². The lowest BCUT2D eigenvalue weighted by atomic mass is 10.0. The van der Waals surface area contributed by atoms with Gasteiger partial charge in [-0.3, -0.25) is 0 Å². The molecule has 0 radical (unpaired) electrons. The lowest BCUT2D eigenvalue weighted by Gasteiger charge is -2.14. The van der Waals surface area contributed by atoms with E-state index in [1.807, 2.05) is 42.5 Å². The Balaban J connectivity index is 2.42. The molecular weight excluding hydrogens is 246 g/mol. The van der Waals surface area contributed by atoms with Crippen molar-refractivity contribution in [3.05, 3.63) is 48.0 Å². The average molecular weight is 263 g/mol. The maximum absolute atomic E-state index is 11.6. The molecule has 4 heteroatoms. The Kier molecular flexibility index (Phi) is 3.68. The molecule has 0 amide bonds. The largest absolute Gasteiger partial charge is 0.323 e. The van der Waals surface area contributed by atoms with Gasteiger partial charge in [-0.25, -0.2) is 8.42 Å². The van der Waals surface area contributed by atoms with Gasteiger partial charge in [-0.15, -0.1) is 0 Å². The maximum atomic E-state index is 11.6. The van der Waals surface area contributed by atoms with Crippen molar-refractivity contribution in [2.75, 3.05) is 11.5 Å². The Hall–Kier alpha value is -1.39. The predicted octanol–water partition coefficient (Wildman–Crippen LogP) is 2.27. The van der Waals surface area contributed by atoms with E-state index in [-0.39, 0.29) is 11.5 Å². The van der Waals surface area contributed by atoms with Crippen LogP contribution in [0.1, 0.15) is 18.5 Å². The molecule has 3 nitrogen and oxygen atoms in total. The number of rotatable bonds is 4. The smallest absolute Gasteiger partial charge is 0.151 e. The van der Waals surface area contributed by atoms with E-state index >= 15 is 0 Å². The second kappa shape index (κ2) is 5.08. The highest BCUT2D eigenvalue weighted by Gasteiger charge is 2.17. The SMILES string of the molecule is CCS(=O)(=O)CC(N)c1cccc2ccccc12. The van der Waals surface area contributed by atoms with Gasteiger partial charge in [0.25, 0.3) is 0 Å². The molecule has 2 aromatic rings. The zero-order chi connectivity index (χ0) is 13.2. The lowest BCUT2D eigenvalue weighted by molar-refractivity contribution is 0.590. The monoisotopic (exact) mass is 263 g/mol.